The van der Waals surface area contributed by atoms with E-state index in [9.17, 15) is 26.7 Å². The van der Waals surface area contributed by atoms with Crippen LogP contribution in [-0.2, 0) is 24.8 Å². The van der Waals surface area contributed by atoms with Gasteiger partial charge < -0.3 is 19.5 Å². The summed E-state index contributed by atoms with van der Waals surface area (Å²) in [5.74, 6) is -0.617. The molecule has 0 unspecified atom stereocenters. The maximum atomic E-state index is 14.4. The second kappa shape index (κ2) is 16.9. The number of benzene rings is 3. The number of aliphatic hydroxyl groups excluding tert-OH is 1. The number of ether oxygens (including phenoxy) is 2. The number of fused-ring (bicyclic) bond motifs is 1. The fourth-order valence-corrected chi connectivity index (χ4v) is 7.90. The van der Waals surface area contributed by atoms with E-state index in [1.165, 1.54) is 76.9 Å². The Morgan fingerprint density at radius 3 is 2.18 bits per heavy atom. The number of carbonyl (C=O) groups excluding carboxylic acids is 1. The van der Waals surface area contributed by atoms with Gasteiger partial charge in [-0.1, -0.05) is 30.1 Å². The van der Waals surface area contributed by atoms with Crippen molar-refractivity contribution in [3.05, 3.63) is 82.3 Å². The minimum atomic E-state index is -4.02. The van der Waals surface area contributed by atoms with Gasteiger partial charge >= 0.3 is 0 Å². The minimum Gasteiger partial charge on any atom is -0.490 e. The van der Waals surface area contributed by atoms with Crippen LogP contribution in [0.15, 0.2) is 76.5 Å². The minimum absolute atomic E-state index is 0.00776. The van der Waals surface area contributed by atoms with Crippen molar-refractivity contribution in [2.45, 2.75) is 68.1 Å². The van der Waals surface area contributed by atoms with Crippen molar-refractivity contribution in [1.29, 1.82) is 0 Å². The zero-order valence-corrected chi connectivity index (χ0v) is 31.0. The first-order valence-electron chi connectivity index (χ1n) is 16.0. The van der Waals surface area contributed by atoms with Gasteiger partial charge in [-0.25, -0.2) is 16.8 Å². The highest BCUT2D eigenvalue weighted by atomic mass is 35.5. The van der Waals surface area contributed by atoms with E-state index in [0.29, 0.717) is 29.5 Å². The Morgan fingerprint density at radius 1 is 0.959 bits per heavy atom. The Bertz CT molecular complexity index is 1790. The van der Waals surface area contributed by atoms with Crippen LogP contribution in [0.1, 0.15) is 50.4 Å². The number of likely N-dealkylation sites (N-methyl/N-ethyl adjacent to an activating group) is 1. The number of nitrogens with zero attached hydrogens (tertiary/aromatic N) is 2. The Morgan fingerprint density at radius 2 is 1.57 bits per heavy atom. The summed E-state index contributed by atoms with van der Waals surface area (Å²) in [6, 6.07) is 15.5. The molecule has 4 atom stereocenters. The summed E-state index contributed by atoms with van der Waals surface area (Å²) in [6.45, 7) is 5.55. The van der Waals surface area contributed by atoms with Crippen LogP contribution in [0.25, 0.3) is 0 Å². The number of halogens is 2. The summed E-state index contributed by atoms with van der Waals surface area (Å²) in [7, 11) is -6.42. The molecule has 1 aliphatic heterocycles. The molecule has 49 heavy (non-hydrogen) atoms. The predicted molar refractivity (Wildman–Crippen MR) is 190 cm³/mol. The number of aliphatic hydroxyl groups is 1. The molecule has 4 rings (SSSR count). The molecular formula is C34H43Cl2N3O8S2. The topological polar surface area (TPSA) is 143 Å². The normalized spacial score (nSPS) is 20.6. The molecule has 0 saturated heterocycles. The van der Waals surface area contributed by atoms with E-state index < -0.39 is 44.0 Å². The first-order valence-corrected chi connectivity index (χ1v) is 19.6. The lowest BCUT2D eigenvalue weighted by Gasteiger charge is -2.35. The van der Waals surface area contributed by atoms with Crippen molar-refractivity contribution in [1.82, 2.24) is 9.21 Å². The molecule has 3 aromatic carbocycles. The largest absolute Gasteiger partial charge is 0.490 e. The molecular weight excluding hydrogens is 713 g/mol. The van der Waals surface area contributed by atoms with Crippen molar-refractivity contribution >= 4 is 54.8 Å². The first kappa shape index (κ1) is 38.9. The second-order valence-corrected chi connectivity index (χ2v) is 16.9. The van der Waals surface area contributed by atoms with Gasteiger partial charge in [-0.2, -0.15) is 4.31 Å². The molecule has 1 amide bonds. The van der Waals surface area contributed by atoms with Gasteiger partial charge in [-0.3, -0.25) is 9.52 Å². The fraction of sp³-hybridized carbons (Fsp3) is 0.441. The molecule has 0 aliphatic carbocycles. The highest BCUT2D eigenvalue weighted by Crippen LogP contribution is 2.30. The quantitative estimate of drug-likeness (QED) is 0.275. The number of sulfonamides is 2. The van der Waals surface area contributed by atoms with E-state index in [0.717, 1.165) is 6.42 Å². The van der Waals surface area contributed by atoms with E-state index >= 15 is 0 Å². The molecule has 0 bridgehead atoms. The summed E-state index contributed by atoms with van der Waals surface area (Å²) in [6.07, 6.45) is 1.18. The summed E-state index contributed by atoms with van der Waals surface area (Å²) >= 11 is 11.9. The average molecular weight is 757 g/mol. The van der Waals surface area contributed by atoms with Crippen LogP contribution in [0, 0.1) is 5.92 Å². The Balaban J connectivity index is 1.67. The van der Waals surface area contributed by atoms with E-state index in [-0.39, 0.29) is 52.6 Å². The van der Waals surface area contributed by atoms with Crippen LogP contribution in [0.4, 0.5) is 5.69 Å². The molecule has 1 aliphatic rings. The zero-order valence-electron chi connectivity index (χ0n) is 27.9. The number of anilines is 1. The Labute approximate surface area is 299 Å². The van der Waals surface area contributed by atoms with Gasteiger partial charge in [0.25, 0.3) is 15.9 Å². The molecule has 268 valence electrons. The van der Waals surface area contributed by atoms with Gasteiger partial charge in [0.15, 0.2) is 0 Å². The molecule has 0 radical (unpaired) electrons. The van der Waals surface area contributed by atoms with Gasteiger partial charge in [0.1, 0.15) is 5.75 Å². The average Bonchev–Trinajstić information content (AvgIpc) is 3.06. The van der Waals surface area contributed by atoms with Crippen molar-refractivity contribution in [2.75, 3.05) is 38.1 Å². The third kappa shape index (κ3) is 10.1. The van der Waals surface area contributed by atoms with Crippen LogP contribution in [-0.4, -0.2) is 88.7 Å². The van der Waals surface area contributed by atoms with E-state index in [1.54, 1.807) is 13.0 Å². The van der Waals surface area contributed by atoms with E-state index in [4.69, 9.17) is 32.7 Å². The van der Waals surface area contributed by atoms with Crippen LogP contribution in [0.5, 0.6) is 5.75 Å². The van der Waals surface area contributed by atoms with Crippen LogP contribution in [0.2, 0.25) is 10.0 Å². The van der Waals surface area contributed by atoms with Gasteiger partial charge in [-0.15, -0.1) is 0 Å². The molecule has 15 heteroatoms. The van der Waals surface area contributed by atoms with Gasteiger partial charge in [0.05, 0.1) is 40.2 Å². The van der Waals surface area contributed by atoms with Crippen LogP contribution < -0.4 is 9.46 Å². The van der Waals surface area contributed by atoms with Crippen molar-refractivity contribution in [2.24, 2.45) is 5.92 Å². The lowest BCUT2D eigenvalue weighted by Crippen LogP contribution is -2.48. The lowest BCUT2D eigenvalue weighted by molar-refractivity contribution is -0.00833. The Kier molecular flexibility index (Phi) is 13.4. The monoisotopic (exact) mass is 755 g/mol. The standard InChI is InChI=1S/C34H43Cl2N3O8S2/c1-23-20-39(24(2)22-40)34(41)31-19-28(37-48(42,43)29-13-8-26(35)9-14-29)12-17-32(31)47-25(3)7-5-6-18-46-33(23)21-38(4)49(44,45)30-15-10-27(36)11-16-30/h8-17,19,23-25,33,37,40H,5-7,18,20-22H2,1-4H3/t23-,24-,25+,33-/m0/s1. The number of amides is 1. The molecule has 1 heterocycles. The molecule has 0 saturated carbocycles. The number of carbonyl (C=O) groups is 1. The molecule has 11 nitrogen and oxygen atoms in total. The van der Waals surface area contributed by atoms with Gasteiger partial charge in [0.2, 0.25) is 10.0 Å². The van der Waals surface area contributed by atoms with Crippen molar-refractivity contribution in [3.8, 4) is 5.75 Å². The molecule has 0 fully saturated rings. The lowest BCUT2D eigenvalue weighted by atomic mass is 10.0. The van der Waals surface area contributed by atoms with E-state index in [1.807, 2.05) is 13.8 Å². The predicted octanol–water partition coefficient (Wildman–Crippen LogP) is 5.91. The van der Waals surface area contributed by atoms with Gasteiger partial charge in [-0.05, 0) is 99.8 Å². The third-order valence-corrected chi connectivity index (χ3v) is 12.1. The zero-order chi connectivity index (χ0) is 35.9. The summed E-state index contributed by atoms with van der Waals surface area (Å²) in [5, 5.41) is 11.0. The Hall–Kier alpha value is -2.91. The molecule has 2 N–H and O–H groups in total. The van der Waals surface area contributed by atoms with Crippen LogP contribution in [0.3, 0.4) is 0 Å². The second-order valence-electron chi connectivity index (χ2n) is 12.3. The highest BCUT2D eigenvalue weighted by Gasteiger charge is 2.32. The first-order chi connectivity index (χ1) is 23.1. The smallest absolute Gasteiger partial charge is 0.261 e. The number of hydrogen-bond donors (Lipinski definition) is 2. The van der Waals surface area contributed by atoms with E-state index in [2.05, 4.69) is 4.72 Å². The van der Waals surface area contributed by atoms with Crippen molar-refractivity contribution in [3.63, 3.8) is 0 Å². The van der Waals surface area contributed by atoms with Crippen molar-refractivity contribution < 1.29 is 36.2 Å². The number of rotatable bonds is 9. The summed E-state index contributed by atoms with van der Waals surface area (Å²) < 4.78 is 69.5. The number of nitrogens with one attached hydrogen (secondary N) is 1. The summed E-state index contributed by atoms with van der Waals surface area (Å²) in [5.41, 5.74) is 0.243. The molecule has 0 spiro atoms. The number of hydrogen-bond acceptors (Lipinski definition) is 8. The third-order valence-electron chi connectivity index (χ3n) is 8.39. The maximum absolute atomic E-state index is 14.4. The van der Waals surface area contributed by atoms with Crippen LogP contribution >= 0.6 is 23.2 Å². The molecule has 0 aromatic heterocycles. The molecule has 3 aromatic rings. The summed E-state index contributed by atoms with van der Waals surface area (Å²) in [4.78, 5) is 15.9. The highest BCUT2D eigenvalue weighted by molar-refractivity contribution is 7.92. The van der Waals surface area contributed by atoms with Gasteiger partial charge in [0, 0.05) is 48.4 Å². The fourth-order valence-electron chi connectivity index (χ4n) is 5.41. The maximum Gasteiger partial charge on any atom is 0.261 e. The SMILES string of the molecule is C[C@@H]1CCCCO[C@@H](CN(C)S(=O)(=O)c2ccc(Cl)cc2)[C@@H](C)CN([C@@H](C)CO)C(=O)c2cc(NS(=O)(=O)c3ccc(Cl)cc3)ccc2O1.